The van der Waals surface area contributed by atoms with Crippen molar-refractivity contribution in [1.29, 1.82) is 0 Å². The molecule has 0 heterocycles. The van der Waals surface area contributed by atoms with Crippen LogP contribution in [-0.4, -0.2) is 7.05 Å². The van der Waals surface area contributed by atoms with Crippen LogP contribution in [0.3, 0.4) is 0 Å². The number of benzene rings is 1. The van der Waals surface area contributed by atoms with Crippen LogP contribution in [0.1, 0.15) is 24.1 Å². The lowest BCUT2D eigenvalue weighted by Crippen LogP contribution is -2.20. The van der Waals surface area contributed by atoms with Crippen LogP contribution in [0.5, 0.6) is 0 Å². The molecule has 0 fully saturated rings. The van der Waals surface area contributed by atoms with Gasteiger partial charge in [0.25, 0.3) is 0 Å². The van der Waals surface area contributed by atoms with Crippen molar-refractivity contribution in [1.82, 2.24) is 5.32 Å². The minimum atomic E-state index is -4.69. The van der Waals surface area contributed by atoms with E-state index in [0.717, 1.165) is 6.07 Å². The first-order valence-corrected chi connectivity index (χ1v) is 4.97. The summed E-state index contributed by atoms with van der Waals surface area (Å²) in [7, 11) is 1.54. The first-order valence-electron chi connectivity index (χ1n) is 4.97. The molecule has 0 aliphatic carbocycles. The maximum absolute atomic E-state index is 13.8. The molecule has 0 aliphatic rings. The van der Waals surface area contributed by atoms with Gasteiger partial charge in [-0.2, -0.15) is 13.2 Å². The number of rotatable bonds is 3. The van der Waals surface area contributed by atoms with Crippen molar-refractivity contribution in [2.24, 2.45) is 0 Å². The molecule has 1 atom stereocenters. The van der Waals surface area contributed by atoms with Crippen molar-refractivity contribution < 1.29 is 17.6 Å². The Morgan fingerprint density at radius 1 is 1.35 bits per heavy atom. The molecule has 0 aromatic heterocycles. The first-order chi connectivity index (χ1) is 7.79. The molecular weight excluding hydrogens is 234 g/mol. The molecule has 1 rings (SSSR count). The third-order valence-electron chi connectivity index (χ3n) is 2.43. The van der Waals surface area contributed by atoms with E-state index in [1.165, 1.54) is 12.1 Å². The smallest absolute Gasteiger partial charge is 0.310 e. The zero-order valence-electron chi connectivity index (χ0n) is 9.53. The van der Waals surface area contributed by atoms with Gasteiger partial charge in [0.2, 0.25) is 0 Å². The lowest BCUT2D eigenvalue weighted by molar-refractivity contribution is -0.140. The Morgan fingerprint density at radius 3 is 2.35 bits per heavy atom. The van der Waals surface area contributed by atoms with Gasteiger partial charge in [-0.1, -0.05) is 24.3 Å². The third kappa shape index (κ3) is 2.85. The highest BCUT2D eigenvalue weighted by Crippen LogP contribution is 2.34. The normalized spacial score (nSPS) is 13.5. The Morgan fingerprint density at radius 2 is 1.94 bits per heavy atom. The third-order valence-corrected chi connectivity index (χ3v) is 2.43. The Kier molecular flexibility index (Phi) is 3.93. The van der Waals surface area contributed by atoms with E-state index in [1.54, 1.807) is 14.0 Å². The number of hydrogen-bond acceptors (Lipinski definition) is 1. The predicted octanol–water partition coefficient (Wildman–Crippen LogP) is 3.68. The van der Waals surface area contributed by atoms with Crippen LogP contribution in [0.4, 0.5) is 17.6 Å². The van der Waals surface area contributed by atoms with E-state index in [0.29, 0.717) is 5.57 Å². The summed E-state index contributed by atoms with van der Waals surface area (Å²) in [5.74, 6) is -1.25. The minimum absolute atomic E-state index is 0.0465. The first kappa shape index (κ1) is 13.7. The molecule has 1 aromatic rings. The van der Waals surface area contributed by atoms with Gasteiger partial charge in [-0.3, -0.25) is 0 Å². The Labute approximate surface area is 97.1 Å². The Balaban J connectivity index is 3.32. The molecule has 1 unspecified atom stereocenters. The van der Waals surface area contributed by atoms with Crippen molar-refractivity contribution in [2.45, 2.75) is 19.1 Å². The average molecular weight is 247 g/mol. The Hall–Kier alpha value is -1.36. The van der Waals surface area contributed by atoms with Gasteiger partial charge in [0.1, 0.15) is 5.82 Å². The molecule has 0 bridgehead atoms. The second-order valence-corrected chi connectivity index (χ2v) is 3.77. The summed E-state index contributed by atoms with van der Waals surface area (Å²) in [6.07, 6.45) is -4.69. The van der Waals surface area contributed by atoms with E-state index >= 15 is 0 Å². The highest BCUT2D eigenvalue weighted by Gasteiger charge is 2.35. The lowest BCUT2D eigenvalue weighted by Gasteiger charge is -2.19. The van der Waals surface area contributed by atoms with Gasteiger partial charge in [-0.25, -0.2) is 4.39 Å². The SMILES string of the molecule is C=C(C)C(NC)c1cccc(C(F)(F)F)c1F. The standard InChI is InChI=1S/C12H13F4N/c1-7(2)11(17-3)8-5-4-6-9(10(8)13)12(14,15)16/h4-6,11,17H,1H2,2-3H3. The number of halogens is 4. The fourth-order valence-corrected chi connectivity index (χ4v) is 1.66. The molecule has 0 radical (unpaired) electrons. The van der Waals surface area contributed by atoms with E-state index < -0.39 is 23.6 Å². The number of nitrogens with one attached hydrogen (secondary N) is 1. The summed E-state index contributed by atoms with van der Waals surface area (Å²) < 4.78 is 51.3. The average Bonchev–Trinajstić information content (AvgIpc) is 2.19. The molecular formula is C12H13F4N. The van der Waals surface area contributed by atoms with Crippen molar-refractivity contribution in [3.63, 3.8) is 0 Å². The predicted molar refractivity (Wildman–Crippen MR) is 58.0 cm³/mol. The number of hydrogen-bond donors (Lipinski definition) is 1. The van der Waals surface area contributed by atoms with E-state index in [2.05, 4.69) is 11.9 Å². The molecule has 0 saturated carbocycles. The summed E-state index contributed by atoms with van der Waals surface area (Å²) in [6.45, 7) is 5.25. The van der Waals surface area contributed by atoms with Gasteiger partial charge in [0.05, 0.1) is 11.6 Å². The van der Waals surface area contributed by atoms with E-state index in [-0.39, 0.29) is 5.56 Å². The fourth-order valence-electron chi connectivity index (χ4n) is 1.66. The molecule has 5 heteroatoms. The van der Waals surface area contributed by atoms with Crippen LogP contribution in [0.15, 0.2) is 30.4 Å². The Bertz CT molecular complexity index is 423. The molecule has 1 N–H and O–H groups in total. The van der Waals surface area contributed by atoms with Crippen molar-refractivity contribution in [3.05, 3.63) is 47.3 Å². The van der Waals surface area contributed by atoms with Gasteiger partial charge in [-0.15, -0.1) is 0 Å². The lowest BCUT2D eigenvalue weighted by atomic mass is 9.98. The topological polar surface area (TPSA) is 12.0 Å². The zero-order chi connectivity index (χ0) is 13.2. The van der Waals surface area contributed by atoms with Gasteiger partial charge < -0.3 is 5.32 Å². The summed E-state index contributed by atoms with van der Waals surface area (Å²) in [5.41, 5.74) is -0.753. The molecule has 0 aliphatic heterocycles. The minimum Gasteiger partial charge on any atom is -0.310 e. The molecule has 94 valence electrons. The van der Waals surface area contributed by atoms with Crippen molar-refractivity contribution in [3.8, 4) is 0 Å². The zero-order valence-corrected chi connectivity index (χ0v) is 9.53. The van der Waals surface area contributed by atoms with Crippen LogP contribution in [-0.2, 0) is 6.18 Å². The maximum Gasteiger partial charge on any atom is 0.419 e. The highest BCUT2D eigenvalue weighted by atomic mass is 19.4. The van der Waals surface area contributed by atoms with Crippen LogP contribution in [0.25, 0.3) is 0 Å². The van der Waals surface area contributed by atoms with Gasteiger partial charge in [0.15, 0.2) is 0 Å². The second kappa shape index (κ2) is 4.87. The van der Waals surface area contributed by atoms with E-state index in [1.807, 2.05) is 0 Å². The molecule has 0 spiro atoms. The van der Waals surface area contributed by atoms with Crippen LogP contribution >= 0.6 is 0 Å². The molecule has 0 amide bonds. The second-order valence-electron chi connectivity index (χ2n) is 3.77. The quantitative estimate of drug-likeness (QED) is 0.634. The van der Waals surface area contributed by atoms with Gasteiger partial charge in [-0.05, 0) is 20.0 Å². The van der Waals surface area contributed by atoms with Crippen LogP contribution < -0.4 is 5.32 Å². The largest absolute Gasteiger partial charge is 0.419 e. The monoisotopic (exact) mass is 247 g/mol. The summed E-state index contributed by atoms with van der Waals surface area (Å²) >= 11 is 0. The fraction of sp³-hybridized carbons (Fsp3) is 0.333. The molecule has 1 nitrogen and oxygen atoms in total. The van der Waals surface area contributed by atoms with Crippen LogP contribution in [0.2, 0.25) is 0 Å². The highest BCUT2D eigenvalue weighted by molar-refractivity contribution is 5.33. The molecule has 0 saturated heterocycles. The summed E-state index contributed by atoms with van der Waals surface area (Å²) in [6, 6.07) is 2.61. The molecule has 17 heavy (non-hydrogen) atoms. The van der Waals surface area contributed by atoms with Gasteiger partial charge in [0, 0.05) is 5.56 Å². The number of alkyl halides is 3. The summed E-state index contributed by atoms with van der Waals surface area (Å²) in [4.78, 5) is 0. The summed E-state index contributed by atoms with van der Waals surface area (Å²) in [5, 5.41) is 2.73. The van der Waals surface area contributed by atoms with Gasteiger partial charge >= 0.3 is 6.18 Å². The van der Waals surface area contributed by atoms with E-state index in [4.69, 9.17) is 0 Å². The van der Waals surface area contributed by atoms with E-state index in [9.17, 15) is 17.6 Å². The molecule has 1 aromatic carbocycles. The van der Waals surface area contributed by atoms with Crippen molar-refractivity contribution >= 4 is 0 Å². The van der Waals surface area contributed by atoms with Crippen LogP contribution in [0, 0.1) is 5.82 Å². The van der Waals surface area contributed by atoms with Crippen molar-refractivity contribution in [2.75, 3.05) is 7.05 Å². The maximum atomic E-state index is 13.8. The number of likely N-dealkylation sites (N-methyl/N-ethyl adjacent to an activating group) is 1.